The molecule has 6 heteroatoms. The molecule has 1 aromatic heterocycles. The summed E-state index contributed by atoms with van der Waals surface area (Å²) in [6, 6.07) is 20.7. The SMILES string of the molecule is O=C(NCCCc1ccccc1)c1cc2nc[nH]c(=O)c2cc1-c1cccc(Cl)c1. The van der Waals surface area contributed by atoms with Crippen molar-refractivity contribution in [1.82, 2.24) is 15.3 Å². The van der Waals surface area contributed by atoms with E-state index in [-0.39, 0.29) is 11.5 Å². The highest BCUT2D eigenvalue weighted by Crippen LogP contribution is 2.29. The fraction of sp³-hybridized carbons (Fsp3) is 0.125. The van der Waals surface area contributed by atoms with Crippen molar-refractivity contribution in [3.05, 3.63) is 99.6 Å². The van der Waals surface area contributed by atoms with Crippen LogP contribution < -0.4 is 10.9 Å². The van der Waals surface area contributed by atoms with Crippen LogP contribution in [0.5, 0.6) is 0 Å². The van der Waals surface area contributed by atoms with Gasteiger partial charge in [-0.25, -0.2) is 4.98 Å². The van der Waals surface area contributed by atoms with Crippen molar-refractivity contribution in [3.63, 3.8) is 0 Å². The third-order valence-corrected chi connectivity index (χ3v) is 5.17. The molecule has 2 N–H and O–H groups in total. The second-order valence-corrected chi connectivity index (χ2v) is 7.44. The molecule has 0 radical (unpaired) electrons. The number of amides is 1. The summed E-state index contributed by atoms with van der Waals surface area (Å²) >= 11 is 6.16. The normalized spacial score (nSPS) is 10.8. The smallest absolute Gasteiger partial charge is 0.258 e. The quantitative estimate of drug-likeness (QED) is 0.450. The van der Waals surface area contributed by atoms with Crippen LogP contribution in [-0.4, -0.2) is 22.4 Å². The molecule has 4 aromatic rings. The lowest BCUT2D eigenvalue weighted by Crippen LogP contribution is -2.25. The molecule has 0 saturated heterocycles. The first-order chi connectivity index (χ1) is 14.6. The Hall–Kier alpha value is -3.44. The van der Waals surface area contributed by atoms with E-state index >= 15 is 0 Å². The number of carbonyl (C=O) groups is 1. The van der Waals surface area contributed by atoms with E-state index in [0.29, 0.717) is 33.6 Å². The van der Waals surface area contributed by atoms with E-state index in [1.165, 1.54) is 11.9 Å². The number of aromatic amines is 1. The predicted octanol–water partition coefficient (Wildman–Crippen LogP) is 4.61. The number of nitrogens with zero attached hydrogens (tertiary/aromatic N) is 1. The molecule has 0 aliphatic rings. The minimum Gasteiger partial charge on any atom is -0.352 e. The molecule has 5 nitrogen and oxygen atoms in total. The van der Waals surface area contributed by atoms with Gasteiger partial charge in [-0.05, 0) is 53.8 Å². The molecule has 1 amide bonds. The fourth-order valence-corrected chi connectivity index (χ4v) is 3.62. The first-order valence-corrected chi connectivity index (χ1v) is 10.1. The topological polar surface area (TPSA) is 74.8 Å². The fourth-order valence-electron chi connectivity index (χ4n) is 3.43. The number of hydrogen-bond acceptors (Lipinski definition) is 3. The number of benzene rings is 3. The van der Waals surface area contributed by atoms with Crippen LogP contribution in [0.15, 0.2) is 77.9 Å². The molecular formula is C24H20ClN3O2. The maximum absolute atomic E-state index is 13.0. The van der Waals surface area contributed by atoms with E-state index in [0.717, 1.165) is 18.4 Å². The van der Waals surface area contributed by atoms with Crippen molar-refractivity contribution in [1.29, 1.82) is 0 Å². The van der Waals surface area contributed by atoms with Crippen LogP contribution in [0.2, 0.25) is 5.02 Å². The molecule has 0 atom stereocenters. The monoisotopic (exact) mass is 417 g/mol. The molecular weight excluding hydrogens is 398 g/mol. The van der Waals surface area contributed by atoms with Crippen LogP contribution in [-0.2, 0) is 6.42 Å². The summed E-state index contributed by atoms with van der Waals surface area (Å²) in [7, 11) is 0. The molecule has 0 unspecified atom stereocenters. The summed E-state index contributed by atoms with van der Waals surface area (Å²) in [4.78, 5) is 32.0. The van der Waals surface area contributed by atoms with Crippen molar-refractivity contribution >= 4 is 28.4 Å². The van der Waals surface area contributed by atoms with Crippen molar-refractivity contribution < 1.29 is 4.79 Å². The molecule has 30 heavy (non-hydrogen) atoms. The summed E-state index contributed by atoms with van der Waals surface area (Å²) in [6.45, 7) is 0.545. The molecule has 0 fully saturated rings. The zero-order valence-corrected chi connectivity index (χ0v) is 16.9. The Morgan fingerprint density at radius 3 is 2.67 bits per heavy atom. The lowest BCUT2D eigenvalue weighted by atomic mass is 9.97. The highest BCUT2D eigenvalue weighted by atomic mass is 35.5. The number of hydrogen-bond donors (Lipinski definition) is 2. The minimum atomic E-state index is -0.252. The average Bonchev–Trinajstić information content (AvgIpc) is 2.77. The van der Waals surface area contributed by atoms with Gasteiger partial charge in [0.15, 0.2) is 0 Å². The van der Waals surface area contributed by atoms with Gasteiger partial charge in [-0.3, -0.25) is 9.59 Å². The van der Waals surface area contributed by atoms with Crippen molar-refractivity contribution in [2.45, 2.75) is 12.8 Å². The number of carbonyl (C=O) groups excluding carboxylic acids is 1. The van der Waals surface area contributed by atoms with E-state index in [2.05, 4.69) is 27.4 Å². The maximum atomic E-state index is 13.0. The van der Waals surface area contributed by atoms with Crippen molar-refractivity contribution in [2.24, 2.45) is 0 Å². The number of aromatic nitrogens is 2. The van der Waals surface area contributed by atoms with Gasteiger partial charge in [0, 0.05) is 17.1 Å². The Kier molecular flexibility index (Phi) is 5.91. The third kappa shape index (κ3) is 4.42. The zero-order chi connectivity index (χ0) is 20.9. The second-order valence-electron chi connectivity index (χ2n) is 7.00. The van der Waals surface area contributed by atoms with E-state index in [1.807, 2.05) is 30.3 Å². The summed E-state index contributed by atoms with van der Waals surface area (Å²) in [5, 5.41) is 3.97. The Morgan fingerprint density at radius 2 is 1.87 bits per heavy atom. The number of H-pyrrole nitrogens is 1. The number of aryl methyl sites for hydroxylation is 1. The predicted molar refractivity (Wildman–Crippen MR) is 120 cm³/mol. The number of halogens is 1. The van der Waals surface area contributed by atoms with Gasteiger partial charge in [-0.2, -0.15) is 0 Å². The average molecular weight is 418 g/mol. The van der Waals surface area contributed by atoms with E-state index in [4.69, 9.17) is 11.6 Å². The van der Waals surface area contributed by atoms with Gasteiger partial charge in [0.1, 0.15) is 0 Å². The highest BCUT2D eigenvalue weighted by molar-refractivity contribution is 6.30. The largest absolute Gasteiger partial charge is 0.352 e. The first kappa shape index (κ1) is 19.9. The number of rotatable bonds is 6. The van der Waals surface area contributed by atoms with Crippen LogP contribution >= 0.6 is 11.6 Å². The van der Waals surface area contributed by atoms with Crippen LogP contribution in [0.25, 0.3) is 22.0 Å². The van der Waals surface area contributed by atoms with E-state index in [9.17, 15) is 9.59 Å². The van der Waals surface area contributed by atoms with Crippen molar-refractivity contribution in [3.8, 4) is 11.1 Å². The standard InChI is InChI=1S/C24H20ClN3O2/c25-18-10-4-9-17(12-18)19-13-21-22(27-15-28-24(21)30)14-20(19)23(29)26-11-5-8-16-6-2-1-3-7-16/h1-4,6-7,9-10,12-15H,5,8,11H2,(H,26,29)(H,27,28,30). The first-order valence-electron chi connectivity index (χ1n) is 9.71. The summed E-state index contributed by atoms with van der Waals surface area (Å²) < 4.78 is 0. The Morgan fingerprint density at radius 1 is 1.03 bits per heavy atom. The molecule has 150 valence electrons. The molecule has 3 aromatic carbocycles. The maximum Gasteiger partial charge on any atom is 0.258 e. The number of fused-ring (bicyclic) bond motifs is 1. The molecule has 0 aliphatic carbocycles. The van der Waals surface area contributed by atoms with Crippen LogP contribution in [0, 0.1) is 0 Å². The van der Waals surface area contributed by atoms with Gasteiger partial charge >= 0.3 is 0 Å². The summed E-state index contributed by atoms with van der Waals surface area (Å²) in [5.74, 6) is -0.206. The molecule has 0 saturated carbocycles. The lowest BCUT2D eigenvalue weighted by molar-refractivity contribution is 0.0954. The summed E-state index contributed by atoms with van der Waals surface area (Å²) in [5.41, 5.74) is 3.33. The second kappa shape index (κ2) is 8.93. The molecule has 0 aliphatic heterocycles. The molecule has 1 heterocycles. The van der Waals surface area contributed by atoms with Gasteiger partial charge in [0.2, 0.25) is 0 Å². The van der Waals surface area contributed by atoms with Crippen LogP contribution in [0.1, 0.15) is 22.3 Å². The Bertz CT molecular complexity index is 1250. The summed E-state index contributed by atoms with van der Waals surface area (Å²) in [6.07, 6.45) is 3.05. The number of nitrogens with one attached hydrogen (secondary N) is 2. The van der Waals surface area contributed by atoms with Crippen molar-refractivity contribution in [2.75, 3.05) is 6.54 Å². The van der Waals surface area contributed by atoms with Gasteiger partial charge in [-0.15, -0.1) is 0 Å². The Labute approximate surface area is 178 Å². The van der Waals surface area contributed by atoms with Gasteiger partial charge in [-0.1, -0.05) is 54.1 Å². The van der Waals surface area contributed by atoms with Gasteiger partial charge in [0.25, 0.3) is 11.5 Å². The minimum absolute atomic E-state index is 0.206. The third-order valence-electron chi connectivity index (χ3n) is 4.93. The zero-order valence-electron chi connectivity index (χ0n) is 16.2. The molecule has 0 spiro atoms. The van der Waals surface area contributed by atoms with Crippen LogP contribution in [0.4, 0.5) is 0 Å². The van der Waals surface area contributed by atoms with E-state index < -0.39 is 0 Å². The van der Waals surface area contributed by atoms with E-state index in [1.54, 1.807) is 24.3 Å². The highest BCUT2D eigenvalue weighted by Gasteiger charge is 2.16. The molecule has 0 bridgehead atoms. The van der Waals surface area contributed by atoms with Gasteiger partial charge < -0.3 is 10.3 Å². The van der Waals surface area contributed by atoms with Crippen LogP contribution in [0.3, 0.4) is 0 Å². The Balaban J connectivity index is 1.62. The lowest BCUT2D eigenvalue weighted by Gasteiger charge is -2.12. The van der Waals surface area contributed by atoms with Gasteiger partial charge in [0.05, 0.1) is 17.2 Å². The molecule has 4 rings (SSSR count).